The average Bonchev–Trinajstić information content (AvgIpc) is 3.59. The topological polar surface area (TPSA) is 78.5 Å². The third-order valence-corrected chi connectivity index (χ3v) is 8.64. The molecule has 4 atom stereocenters. The lowest BCUT2D eigenvalue weighted by atomic mass is 9.60. The van der Waals surface area contributed by atoms with Crippen molar-refractivity contribution < 1.29 is 14.4 Å². The van der Waals surface area contributed by atoms with Crippen LogP contribution in [0.2, 0.25) is 5.02 Å². The molecule has 3 aromatic carbocycles. The lowest BCUT2D eigenvalue weighted by Gasteiger charge is -2.38. The zero-order valence-electron chi connectivity index (χ0n) is 18.8. The molecule has 0 aliphatic carbocycles. The summed E-state index contributed by atoms with van der Waals surface area (Å²) < 4.78 is 0. The second-order valence-corrected chi connectivity index (χ2v) is 10.2. The third kappa shape index (κ3) is 2.36. The Bertz CT molecular complexity index is 1440. The molecule has 4 aliphatic rings. The molecule has 2 saturated heterocycles. The van der Waals surface area contributed by atoms with E-state index in [4.69, 9.17) is 11.6 Å². The van der Waals surface area contributed by atoms with Crippen molar-refractivity contribution in [2.24, 2.45) is 5.92 Å². The number of ketones is 1. The maximum absolute atomic E-state index is 14.6. The number of benzene rings is 3. The summed E-state index contributed by atoms with van der Waals surface area (Å²) in [6.07, 6.45) is 1.55. The van der Waals surface area contributed by atoms with Gasteiger partial charge in [0, 0.05) is 33.6 Å². The van der Waals surface area contributed by atoms with Gasteiger partial charge in [-0.2, -0.15) is 0 Å². The summed E-state index contributed by atoms with van der Waals surface area (Å²) in [6.45, 7) is 0.611. The molecule has 4 aliphatic heterocycles. The van der Waals surface area contributed by atoms with Gasteiger partial charge in [0.25, 0.3) is 0 Å². The first-order valence-corrected chi connectivity index (χ1v) is 12.3. The fourth-order valence-electron chi connectivity index (χ4n) is 7.29. The summed E-state index contributed by atoms with van der Waals surface area (Å²) in [5.74, 6) is -1.67. The molecular formula is C28H22ClN3O3. The Balaban J connectivity index is 1.60. The molecule has 7 rings (SSSR count). The van der Waals surface area contributed by atoms with Gasteiger partial charge in [-0.3, -0.25) is 19.3 Å². The van der Waals surface area contributed by atoms with Crippen molar-refractivity contribution in [2.45, 2.75) is 29.8 Å². The number of hydrogen-bond donors (Lipinski definition) is 2. The van der Waals surface area contributed by atoms with Gasteiger partial charge in [0.05, 0.1) is 5.92 Å². The monoisotopic (exact) mass is 483 g/mol. The fraction of sp³-hybridized carbons (Fsp3) is 0.250. The maximum atomic E-state index is 14.6. The SMILES string of the molecule is O=C(c1ccccc1)[C@H]1[C@@]2(C(=O)Nc3ccccc32)[C@@H]2CCCN2[C@]12C(=O)Nc1ccc(Cl)cc12. The van der Waals surface area contributed by atoms with Gasteiger partial charge in [0.15, 0.2) is 5.78 Å². The van der Waals surface area contributed by atoms with Gasteiger partial charge in [-0.15, -0.1) is 0 Å². The average molecular weight is 484 g/mol. The molecular weight excluding hydrogens is 462 g/mol. The zero-order valence-corrected chi connectivity index (χ0v) is 19.5. The number of rotatable bonds is 2. The molecule has 2 N–H and O–H groups in total. The van der Waals surface area contributed by atoms with Gasteiger partial charge in [-0.1, -0.05) is 60.1 Å². The van der Waals surface area contributed by atoms with Crippen LogP contribution in [0, 0.1) is 5.92 Å². The molecule has 3 aromatic rings. The number of halogens is 1. The molecule has 0 bridgehead atoms. The van der Waals surface area contributed by atoms with Crippen molar-refractivity contribution in [2.75, 3.05) is 17.2 Å². The van der Waals surface area contributed by atoms with Crippen LogP contribution in [0.1, 0.15) is 34.3 Å². The number of amides is 2. The maximum Gasteiger partial charge on any atom is 0.250 e. The highest BCUT2D eigenvalue weighted by molar-refractivity contribution is 6.31. The number of nitrogens with zero attached hydrogens (tertiary/aromatic N) is 1. The van der Waals surface area contributed by atoms with E-state index in [-0.39, 0.29) is 23.6 Å². The van der Waals surface area contributed by atoms with Crippen LogP contribution in [0.15, 0.2) is 72.8 Å². The van der Waals surface area contributed by atoms with Gasteiger partial charge in [0.1, 0.15) is 11.0 Å². The van der Waals surface area contributed by atoms with E-state index in [1.807, 2.05) is 42.5 Å². The number of hydrogen-bond acceptors (Lipinski definition) is 4. The molecule has 2 spiro atoms. The molecule has 2 amide bonds. The predicted octanol–water partition coefficient (Wildman–Crippen LogP) is 4.35. The van der Waals surface area contributed by atoms with Crippen LogP contribution in [0.3, 0.4) is 0 Å². The molecule has 0 saturated carbocycles. The first-order chi connectivity index (χ1) is 17.0. The minimum atomic E-state index is -1.34. The molecule has 4 heterocycles. The van der Waals surface area contributed by atoms with Gasteiger partial charge >= 0.3 is 0 Å². The Morgan fingerprint density at radius 3 is 2.43 bits per heavy atom. The first-order valence-electron chi connectivity index (χ1n) is 11.9. The van der Waals surface area contributed by atoms with Gasteiger partial charge in [0.2, 0.25) is 11.8 Å². The lowest BCUT2D eigenvalue weighted by molar-refractivity contribution is -0.128. The van der Waals surface area contributed by atoms with E-state index in [2.05, 4.69) is 15.5 Å². The number of para-hydroxylation sites is 1. The van der Waals surface area contributed by atoms with Crippen molar-refractivity contribution in [1.29, 1.82) is 0 Å². The van der Waals surface area contributed by atoms with E-state index in [0.29, 0.717) is 40.5 Å². The van der Waals surface area contributed by atoms with Crippen LogP contribution < -0.4 is 10.6 Å². The van der Waals surface area contributed by atoms with Crippen molar-refractivity contribution in [3.8, 4) is 0 Å². The summed E-state index contributed by atoms with van der Waals surface area (Å²) >= 11 is 6.46. The quantitative estimate of drug-likeness (QED) is 0.531. The smallest absolute Gasteiger partial charge is 0.250 e. The number of fused-ring (bicyclic) bond motifs is 7. The van der Waals surface area contributed by atoms with E-state index >= 15 is 0 Å². The Hall–Kier alpha value is -3.48. The van der Waals surface area contributed by atoms with E-state index in [1.54, 1.807) is 30.3 Å². The summed E-state index contributed by atoms with van der Waals surface area (Å²) in [4.78, 5) is 45.0. The molecule has 6 nitrogen and oxygen atoms in total. The number of carbonyl (C=O) groups is 3. The van der Waals surface area contributed by atoms with Gasteiger partial charge in [-0.25, -0.2) is 0 Å². The largest absolute Gasteiger partial charge is 0.325 e. The van der Waals surface area contributed by atoms with E-state index in [0.717, 1.165) is 12.0 Å². The minimum absolute atomic E-state index is 0.213. The van der Waals surface area contributed by atoms with Crippen molar-refractivity contribution in [1.82, 2.24) is 4.90 Å². The minimum Gasteiger partial charge on any atom is -0.325 e. The predicted molar refractivity (Wildman–Crippen MR) is 132 cm³/mol. The van der Waals surface area contributed by atoms with Crippen LogP contribution in [0.25, 0.3) is 0 Å². The lowest BCUT2D eigenvalue weighted by Crippen LogP contribution is -2.55. The summed E-state index contributed by atoms with van der Waals surface area (Å²) in [5.41, 5.74) is 0.737. The fourth-order valence-corrected chi connectivity index (χ4v) is 7.46. The number of Topliss-reactive ketones (excluding diaryl/α,β-unsaturated/α-hetero) is 1. The van der Waals surface area contributed by atoms with Crippen LogP contribution >= 0.6 is 11.6 Å². The first kappa shape index (κ1) is 20.9. The Morgan fingerprint density at radius 2 is 1.60 bits per heavy atom. The molecule has 0 radical (unpaired) electrons. The van der Waals surface area contributed by atoms with Crippen molar-refractivity contribution >= 4 is 40.6 Å². The third-order valence-electron chi connectivity index (χ3n) is 8.41. The number of carbonyl (C=O) groups excluding carboxylic acids is 3. The van der Waals surface area contributed by atoms with Crippen molar-refractivity contribution in [3.63, 3.8) is 0 Å². The van der Waals surface area contributed by atoms with Gasteiger partial charge < -0.3 is 10.6 Å². The Morgan fingerprint density at radius 1 is 0.886 bits per heavy atom. The summed E-state index contributed by atoms with van der Waals surface area (Å²) in [5, 5.41) is 6.57. The Labute approximate surface area is 207 Å². The molecule has 174 valence electrons. The molecule has 0 aromatic heterocycles. The molecule has 2 fully saturated rings. The highest BCUT2D eigenvalue weighted by atomic mass is 35.5. The van der Waals surface area contributed by atoms with Crippen molar-refractivity contribution in [3.05, 3.63) is 94.5 Å². The van der Waals surface area contributed by atoms with Crippen LogP contribution in [-0.4, -0.2) is 35.1 Å². The van der Waals surface area contributed by atoms with E-state index in [9.17, 15) is 14.4 Å². The number of anilines is 2. The summed E-state index contributed by atoms with van der Waals surface area (Å²) in [7, 11) is 0. The Kier molecular flexibility index (Phi) is 4.19. The number of nitrogens with one attached hydrogen (secondary N) is 2. The second kappa shape index (κ2) is 7.03. The molecule has 7 heteroatoms. The normalized spacial score (nSPS) is 30.3. The highest BCUT2D eigenvalue weighted by Crippen LogP contribution is 2.66. The molecule has 35 heavy (non-hydrogen) atoms. The van der Waals surface area contributed by atoms with E-state index in [1.165, 1.54) is 0 Å². The standard InChI is InChI=1S/C28H22ClN3O3/c29-17-12-13-21-19(15-17)28(26(35)31-21)24(23(33)16-7-2-1-3-8-16)27(22-11-6-14-32(22)28)18-9-4-5-10-20(18)30-25(27)34/h1-5,7-10,12-13,15,22,24H,6,11,14H2,(H,30,34)(H,31,35)/t22-,24-,27-,28-/m0/s1. The highest BCUT2D eigenvalue weighted by Gasteiger charge is 2.78. The van der Waals surface area contributed by atoms with E-state index < -0.39 is 16.9 Å². The zero-order chi connectivity index (χ0) is 23.9. The van der Waals surface area contributed by atoms with Crippen LogP contribution in [-0.2, 0) is 20.5 Å². The summed E-state index contributed by atoms with van der Waals surface area (Å²) in [6, 6.07) is 21.6. The van der Waals surface area contributed by atoms with Crippen LogP contribution in [0.5, 0.6) is 0 Å². The molecule has 0 unspecified atom stereocenters. The van der Waals surface area contributed by atoms with Gasteiger partial charge in [-0.05, 0) is 49.2 Å². The van der Waals surface area contributed by atoms with Crippen LogP contribution in [0.4, 0.5) is 11.4 Å². The second-order valence-electron chi connectivity index (χ2n) is 9.79.